The lowest BCUT2D eigenvalue weighted by molar-refractivity contribution is 0.0920. The normalized spacial score (nSPS) is 11.4. The molecule has 0 spiro atoms. The molecule has 0 aliphatic carbocycles. The van der Waals surface area contributed by atoms with Gasteiger partial charge < -0.3 is 15.4 Å². The Morgan fingerprint density at radius 3 is 1.98 bits per heavy atom. The van der Waals surface area contributed by atoms with E-state index in [0.717, 1.165) is 5.56 Å². The summed E-state index contributed by atoms with van der Waals surface area (Å²) in [6.07, 6.45) is 0. The van der Waals surface area contributed by atoms with Gasteiger partial charge in [0.25, 0.3) is 21.8 Å². The molecule has 0 saturated heterocycles. The minimum atomic E-state index is -4.11. The van der Waals surface area contributed by atoms with Crippen LogP contribution in [0.2, 0.25) is 0 Å². The first-order valence-electron chi connectivity index (χ1n) is 13.0. The average Bonchev–Trinajstić information content (AvgIpc) is 2.95. The third-order valence-corrected chi connectivity index (χ3v) is 7.92. The predicted molar refractivity (Wildman–Crippen MR) is 161 cm³/mol. The highest BCUT2D eigenvalue weighted by Gasteiger charge is 2.29. The van der Waals surface area contributed by atoms with Crippen molar-refractivity contribution >= 4 is 33.2 Å². The van der Waals surface area contributed by atoms with Crippen molar-refractivity contribution in [3.63, 3.8) is 0 Å². The van der Waals surface area contributed by atoms with Crippen molar-refractivity contribution in [2.45, 2.75) is 37.8 Å². The molecule has 0 aliphatic heterocycles. The summed E-state index contributed by atoms with van der Waals surface area (Å²) in [6, 6.07) is 28.4. The van der Waals surface area contributed by atoms with Crippen molar-refractivity contribution in [3.8, 4) is 5.75 Å². The second-order valence-corrected chi connectivity index (χ2v) is 12.3. The third kappa shape index (κ3) is 7.12. The molecular formula is C32H33N3O5S. The van der Waals surface area contributed by atoms with E-state index in [-0.39, 0.29) is 28.6 Å². The van der Waals surface area contributed by atoms with Gasteiger partial charge in [0, 0.05) is 5.54 Å². The van der Waals surface area contributed by atoms with E-state index >= 15 is 0 Å². The van der Waals surface area contributed by atoms with Gasteiger partial charge in [0.1, 0.15) is 5.75 Å². The van der Waals surface area contributed by atoms with Gasteiger partial charge in [-0.2, -0.15) is 0 Å². The molecular weight excluding hydrogens is 538 g/mol. The van der Waals surface area contributed by atoms with Crippen molar-refractivity contribution in [2.75, 3.05) is 16.7 Å². The van der Waals surface area contributed by atoms with Crippen LogP contribution in [0.25, 0.3) is 0 Å². The Kier molecular flexibility index (Phi) is 8.78. The number of para-hydroxylation sites is 2. The molecule has 0 heterocycles. The van der Waals surface area contributed by atoms with Gasteiger partial charge in [-0.05, 0) is 74.9 Å². The van der Waals surface area contributed by atoms with E-state index < -0.39 is 21.5 Å². The van der Waals surface area contributed by atoms with Crippen LogP contribution in [0, 0.1) is 0 Å². The molecule has 0 radical (unpaired) electrons. The van der Waals surface area contributed by atoms with Gasteiger partial charge in [0.15, 0.2) is 0 Å². The summed E-state index contributed by atoms with van der Waals surface area (Å²) in [6.45, 7) is 5.59. The van der Waals surface area contributed by atoms with Crippen LogP contribution in [0.4, 0.5) is 11.4 Å². The first-order chi connectivity index (χ1) is 19.5. The highest BCUT2D eigenvalue weighted by molar-refractivity contribution is 7.92. The fraction of sp³-hybridized carbons (Fsp3) is 0.188. The van der Waals surface area contributed by atoms with Crippen molar-refractivity contribution in [1.82, 2.24) is 5.32 Å². The molecule has 9 heteroatoms. The SMILES string of the molecule is COc1ccc(S(=O)(=O)N(Cc2ccccc2)c2ccccc2C(=O)Nc2ccccc2C(=O)NC(C)(C)C)cc1. The molecule has 4 aromatic rings. The van der Waals surface area contributed by atoms with Gasteiger partial charge in [-0.15, -0.1) is 0 Å². The maximum atomic E-state index is 14.0. The van der Waals surface area contributed by atoms with Gasteiger partial charge in [-0.25, -0.2) is 8.42 Å². The molecule has 4 rings (SSSR count). The molecule has 0 atom stereocenters. The van der Waals surface area contributed by atoms with Crippen LogP contribution in [-0.2, 0) is 16.6 Å². The number of hydrogen-bond donors (Lipinski definition) is 2. The molecule has 212 valence electrons. The number of hydrogen-bond acceptors (Lipinski definition) is 5. The van der Waals surface area contributed by atoms with Crippen LogP contribution in [0.1, 0.15) is 47.1 Å². The van der Waals surface area contributed by atoms with E-state index in [1.54, 1.807) is 60.7 Å². The summed E-state index contributed by atoms with van der Waals surface area (Å²) in [5, 5.41) is 5.73. The minimum Gasteiger partial charge on any atom is -0.497 e. The fourth-order valence-corrected chi connectivity index (χ4v) is 5.67. The fourth-order valence-electron chi connectivity index (χ4n) is 4.19. The standard InChI is InChI=1S/C32H33N3O5S/c1-32(2,3)34-31(37)26-14-8-10-16-28(26)33-30(36)27-15-9-11-17-29(27)35(22-23-12-6-5-7-13-23)41(38,39)25-20-18-24(40-4)19-21-25/h5-21H,22H2,1-4H3,(H,33,36)(H,34,37). The van der Waals surface area contributed by atoms with Gasteiger partial charge in [-0.1, -0.05) is 54.6 Å². The molecule has 2 amide bonds. The van der Waals surface area contributed by atoms with Gasteiger partial charge in [0.05, 0.1) is 41.1 Å². The number of rotatable bonds is 9. The highest BCUT2D eigenvalue weighted by atomic mass is 32.2. The Balaban J connectivity index is 1.75. The number of benzene rings is 4. The highest BCUT2D eigenvalue weighted by Crippen LogP contribution is 2.31. The first kappa shape index (κ1) is 29.4. The zero-order chi connectivity index (χ0) is 29.6. The zero-order valence-electron chi connectivity index (χ0n) is 23.4. The number of sulfonamides is 1. The number of nitrogens with zero attached hydrogens (tertiary/aromatic N) is 1. The number of anilines is 2. The topological polar surface area (TPSA) is 105 Å². The van der Waals surface area contributed by atoms with Crippen molar-refractivity contribution in [3.05, 3.63) is 120 Å². The first-order valence-corrected chi connectivity index (χ1v) is 14.5. The molecule has 8 nitrogen and oxygen atoms in total. The summed E-state index contributed by atoms with van der Waals surface area (Å²) in [5.41, 5.74) is 1.19. The van der Waals surface area contributed by atoms with Crippen molar-refractivity contribution in [2.24, 2.45) is 0 Å². The van der Waals surface area contributed by atoms with Crippen LogP contribution in [0.5, 0.6) is 5.75 Å². The van der Waals surface area contributed by atoms with Crippen LogP contribution in [0.3, 0.4) is 0 Å². The van der Waals surface area contributed by atoms with Crippen LogP contribution >= 0.6 is 0 Å². The third-order valence-electron chi connectivity index (χ3n) is 6.14. The van der Waals surface area contributed by atoms with E-state index in [0.29, 0.717) is 17.0 Å². The molecule has 0 saturated carbocycles. The second kappa shape index (κ2) is 12.3. The molecule has 0 fully saturated rings. The lowest BCUT2D eigenvalue weighted by Crippen LogP contribution is -2.40. The second-order valence-electron chi connectivity index (χ2n) is 10.4. The molecule has 2 N–H and O–H groups in total. The Labute approximate surface area is 241 Å². The maximum Gasteiger partial charge on any atom is 0.264 e. The molecule has 0 aliphatic rings. The monoisotopic (exact) mass is 571 g/mol. The molecule has 0 aromatic heterocycles. The Morgan fingerprint density at radius 2 is 1.34 bits per heavy atom. The Morgan fingerprint density at radius 1 is 0.756 bits per heavy atom. The van der Waals surface area contributed by atoms with Gasteiger partial charge in [0.2, 0.25) is 0 Å². The predicted octanol–water partition coefficient (Wildman–Crippen LogP) is 5.87. The lowest BCUT2D eigenvalue weighted by Gasteiger charge is -2.27. The number of ether oxygens (including phenoxy) is 1. The zero-order valence-corrected chi connectivity index (χ0v) is 24.2. The number of methoxy groups -OCH3 is 1. The average molecular weight is 572 g/mol. The number of carbonyl (C=O) groups is 2. The quantitative estimate of drug-likeness (QED) is 0.261. The summed E-state index contributed by atoms with van der Waals surface area (Å²) in [4.78, 5) is 26.7. The van der Waals surface area contributed by atoms with E-state index in [2.05, 4.69) is 10.6 Å². The van der Waals surface area contributed by atoms with E-state index in [9.17, 15) is 18.0 Å². The molecule has 41 heavy (non-hydrogen) atoms. The summed E-state index contributed by atoms with van der Waals surface area (Å²) in [7, 11) is -2.61. The van der Waals surface area contributed by atoms with E-state index in [1.807, 2.05) is 51.1 Å². The maximum absolute atomic E-state index is 14.0. The van der Waals surface area contributed by atoms with Crippen LogP contribution < -0.4 is 19.7 Å². The number of nitrogens with one attached hydrogen (secondary N) is 2. The van der Waals surface area contributed by atoms with Gasteiger partial charge in [-0.3, -0.25) is 13.9 Å². The number of amides is 2. The minimum absolute atomic E-state index is 0.00985. The molecule has 4 aromatic carbocycles. The summed E-state index contributed by atoms with van der Waals surface area (Å²) in [5.74, 6) is -0.374. The lowest BCUT2D eigenvalue weighted by atomic mass is 10.1. The summed E-state index contributed by atoms with van der Waals surface area (Å²) < 4.78 is 34.5. The van der Waals surface area contributed by atoms with Crippen molar-refractivity contribution < 1.29 is 22.7 Å². The Hall–Kier alpha value is -4.63. The van der Waals surface area contributed by atoms with Crippen LogP contribution in [-0.4, -0.2) is 32.9 Å². The van der Waals surface area contributed by atoms with Crippen molar-refractivity contribution in [1.29, 1.82) is 0 Å². The van der Waals surface area contributed by atoms with E-state index in [1.165, 1.54) is 23.5 Å². The largest absolute Gasteiger partial charge is 0.497 e. The molecule has 0 bridgehead atoms. The smallest absolute Gasteiger partial charge is 0.264 e. The summed E-state index contributed by atoms with van der Waals surface area (Å²) >= 11 is 0. The van der Waals surface area contributed by atoms with Gasteiger partial charge >= 0.3 is 0 Å². The Bertz CT molecular complexity index is 1630. The van der Waals surface area contributed by atoms with E-state index in [4.69, 9.17) is 4.74 Å². The van der Waals surface area contributed by atoms with Crippen LogP contribution in [0.15, 0.2) is 108 Å². The number of carbonyl (C=O) groups excluding carboxylic acids is 2. The molecule has 0 unspecified atom stereocenters.